The van der Waals surface area contributed by atoms with Gasteiger partial charge < -0.3 is 5.32 Å². The van der Waals surface area contributed by atoms with E-state index in [-0.39, 0.29) is 11.0 Å². The lowest BCUT2D eigenvalue weighted by molar-refractivity contribution is 0.0975. The number of nitrogens with one attached hydrogen (secondary N) is 4. The molecule has 118 valence electrons. The van der Waals surface area contributed by atoms with Crippen LogP contribution in [0.15, 0.2) is 59.1 Å². The van der Waals surface area contributed by atoms with Gasteiger partial charge in [0.1, 0.15) is 0 Å². The number of carbonyl (C=O) groups is 2. The van der Waals surface area contributed by atoms with Crippen molar-refractivity contribution in [1.82, 2.24) is 16.2 Å². The highest BCUT2D eigenvalue weighted by Crippen LogP contribution is 2.15. The summed E-state index contributed by atoms with van der Waals surface area (Å²) in [6, 6.07) is 15.3. The summed E-state index contributed by atoms with van der Waals surface area (Å²) in [7, 11) is 0. The molecule has 0 spiro atoms. The lowest BCUT2D eigenvalue weighted by Gasteiger charge is -2.12. The molecule has 8 heteroatoms. The maximum absolute atomic E-state index is 12.0. The van der Waals surface area contributed by atoms with Gasteiger partial charge in [0.15, 0.2) is 5.11 Å². The molecule has 0 radical (unpaired) electrons. The number of halogens is 1. The van der Waals surface area contributed by atoms with Crippen molar-refractivity contribution in [3.05, 3.63) is 64.6 Å². The number of urea groups is 1. The number of benzene rings is 2. The van der Waals surface area contributed by atoms with Crippen molar-refractivity contribution in [3.63, 3.8) is 0 Å². The average molecular weight is 393 g/mol. The zero-order valence-corrected chi connectivity index (χ0v) is 14.2. The molecule has 0 saturated carbocycles. The predicted molar refractivity (Wildman–Crippen MR) is 95.9 cm³/mol. The Morgan fingerprint density at radius 1 is 0.913 bits per heavy atom. The molecule has 0 bridgehead atoms. The summed E-state index contributed by atoms with van der Waals surface area (Å²) in [6.07, 6.45) is 0. The Kier molecular flexibility index (Phi) is 6.07. The van der Waals surface area contributed by atoms with Gasteiger partial charge in [-0.15, -0.1) is 0 Å². The minimum Gasteiger partial charge on any atom is -0.307 e. The Morgan fingerprint density at radius 3 is 2.26 bits per heavy atom. The summed E-state index contributed by atoms with van der Waals surface area (Å²) in [6.45, 7) is 0. The molecule has 2 rings (SSSR count). The van der Waals surface area contributed by atoms with Crippen molar-refractivity contribution < 1.29 is 9.59 Å². The van der Waals surface area contributed by atoms with Crippen LogP contribution in [0.2, 0.25) is 0 Å². The van der Waals surface area contributed by atoms with Crippen LogP contribution in [0.1, 0.15) is 10.4 Å². The zero-order valence-electron chi connectivity index (χ0n) is 11.8. The van der Waals surface area contributed by atoms with E-state index < -0.39 is 6.03 Å². The standard InChI is InChI=1S/C15H13BrN4O2S/c16-12-9-5-4-8-11(12)13(21)18-15(23)20-19-14(22)17-10-6-2-1-3-7-10/h1-9H,(H2,17,19,22)(H2,18,20,21,23). The van der Waals surface area contributed by atoms with Gasteiger partial charge in [-0.25, -0.2) is 10.2 Å². The van der Waals surface area contributed by atoms with Crippen LogP contribution < -0.4 is 21.5 Å². The van der Waals surface area contributed by atoms with Gasteiger partial charge in [-0.05, 0) is 52.4 Å². The summed E-state index contributed by atoms with van der Waals surface area (Å²) >= 11 is 8.24. The minimum atomic E-state index is -0.506. The van der Waals surface area contributed by atoms with Crippen molar-refractivity contribution >= 4 is 50.9 Å². The number of hydrogen-bond donors (Lipinski definition) is 4. The van der Waals surface area contributed by atoms with Crippen LogP contribution in [0.5, 0.6) is 0 Å². The smallest absolute Gasteiger partial charge is 0.307 e. The topological polar surface area (TPSA) is 82.3 Å². The van der Waals surface area contributed by atoms with Gasteiger partial charge in [0.05, 0.1) is 5.56 Å². The molecule has 0 fully saturated rings. The van der Waals surface area contributed by atoms with Crippen LogP contribution in [0.25, 0.3) is 0 Å². The highest BCUT2D eigenvalue weighted by atomic mass is 79.9. The number of para-hydroxylation sites is 1. The van der Waals surface area contributed by atoms with Crippen molar-refractivity contribution in [2.75, 3.05) is 5.32 Å². The fourth-order valence-corrected chi connectivity index (χ4v) is 2.25. The van der Waals surface area contributed by atoms with Crippen molar-refractivity contribution in [2.24, 2.45) is 0 Å². The van der Waals surface area contributed by atoms with E-state index in [1.165, 1.54) is 0 Å². The third kappa shape index (κ3) is 5.35. The van der Waals surface area contributed by atoms with E-state index in [2.05, 4.69) is 37.4 Å². The van der Waals surface area contributed by atoms with E-state index in [0.29, 0.717) is 15.7 Å². The third-order valence-corrected chi connectivity index (χ3v) is 3.56. The Morgan fingerprint density at radius 2 is 1.57 bits per heavy atom. The first kappa shape index (κ1) is 16.9. The third-order valence-electron chi connectivity index (χ3n) is 2.67. The van der Waals surface area contributed by atoms with E-state index in [1.807, 2.05) is 6.07 Å². The molecule has 0 unspecified atom stereocenters. The van der Waals surface area contributed by atoms with E-state index in [1.54, 1.807) is 48.5 Å². The number of carbonyl (C=O) groups excluding carboxylic acids is 2. The molecule has 0 aliphatic heterocycles. The van der Waals surface area contributed by atoms with Crippen LogP contribution >= 0.6 is 28.1 Å². The van der Waals surface area contributed by atoms with E-state index in [9.17, 15) is 9.59 Å². The Hall–Kier alpha value is -2.45. The lowest BCUT2D eigenvalue weighted by atomic mass is 10.2. The number of amides is 3. The normalized spacial score (nSPS) is 9.61. The quantitative estimate of drug-likeness (QED) is 0.467. The molecule has 4 N–H and O–H groups in total. The van der Waals surface area contributed by atoms with Crippen LogP contribution in [0.3, 0.4) is 0 Å². The van der Waals surface area contributed by atoms with Crippen molar-refractivity contribution in [1.29, 1.82) is 0 Å². The fourth-order valence-electron chi connectivity index (χ4n) is 1.64. The highest BCUT2D eigenvalue weighted by Gasteiger charge is 2.11. The second kappa shape index (κ2) is 8.25. The molecule has 0 saturated heterocycles. The molecule has 0 aliphatic carbocycles. The van der Waals surface area contributed by atoms with Gasteiger partial charge in [0, 0.05) is 10.2 Å². The first-order valence-corrected chi connectivity index (χ1v) is 7.74. The first-order valence-electron chi connectivity index (χ1n) is 6.54. The molecule has 23 heavy (non-hydrogen) atoms. The average Bonchev–Trinajstić information content (AvgIpc) is 2.54. The van der Waals surface area contributed by atoms with Crippen LogP contribution in [-0.2, 0) is 0 Å². The van der Waals surface area contributed by atoms with Gasteiger partial charge in [-0.3, -0.25) is 15.5 Å². The Labute approximate surface area is 146 Å². The molecule has 0 atom stereocenters. The number of rotatable bonds is 2. The second-order valence-electron chi connectivity index (χ2n) is 4.33. The van der Waals surface area contributed by atoms with Gasteiger partial charge in [0.25, 0.3) is 5.91 Å². The predicted octanol–water partition coefficient (Wildman–Crippen LogP) is 2.79. The number of hydrazine groups is 1. The molecule has 6 nitrogen and oxygen atoms in total. The van der Waals surface area contributed by atoms with Crippen molar-refractivity contribution in [2.45, 2.75) is 0 Å². The van der Waals surface area contributed by atoms with E-state index in [0.717, 1.165) is 0 Å². The van der Waals surface area contributed by atoms with Crippen LogP contribution in [-0.4, -0.2) is 17.1 Å². The lowest BCUT2D eigenvalue weighted by Crippen LogP contribution is -2.49. The Bertz CT molecular complexity index is 724. The summed E-state index contributed by atoms with van der Waals surface area (Å²) < 4.78 is 0.648. The molecular formula is C15H13BrN4O2S. The fraction of sp³-hybridized carbons (Fsp3) is 0. The summed E-state index contributed by atoms with van der Waals surface area (Å²) in [5, 5.41) is 5.04. The second-order valence-corrected chi connectivity index (χ2v) is 5.60. The van der Waals surface area contributed by atoms with Crippen LogP contribution in [0.4, 0.5) is 10.5 Å². The molecule has 3 amide bonds. The largest absolute Gasteiger partial charge is 0.337 e. The maximum atomic E-state index is 12.0. The van der Waals surface area contributed by atoms with Gasteiger partial charge >= 0.3 is 6.03 Å². The highest BCUT2D eigenvalue weighted by molar-refractivity contribution is 9.10. The summed E-state index contributed by atoms with van der Waals surface area (Å²) in [4.78, 5) is 23.7. The molecule has 2 aromatic rings. The van der Waals surface area contributed by atoms with E-state index >= 15 is 0 Å². The monoisotopic (exact) mass is 392 g/mol. The zero-order chi connectivity index (χ0) is 16.7. The van der Waals surface area contributed by atoms with Crippen LogP contribution in [0, 0.1) is 0 Å². The number of thiocarbonyl (C=S) groups is 1. The molecule has 2 aromatic carbocycles. The molecule has 0 aliphatic rings. The minimum absolute atomic E-state index is 0.0195. The Balaban J connectivity index is 1.80. The van der Waals surface area contributed by atoms with Gasteiger partial charge in [-0.1, -0.05) is 30.3 Å². The molecule has 0 aromatic heterocycles. The molecular weight excluding hydrogens is 380 g/mol. The summed E-state index contributed by atoms with van der Waals surface area (Å²) in [5.41, 5.74) is 5.85. The maximum Gasteiger partial charge on any atom is 0.337 e. The SMILES string of the molecule is O=C(NNC(=S)NC(=O)c1ccccc1Br)Nc1ccccc1. The molecule has 0 heterocycles. The summed E-state index contributed by atoms with van der Waals surface area (Å²) in [5.74, 6) is -0.389. The van der Waals surface area contributed by atoms with E-state index in [4.69, 9.17) is 12.2 Å². The van der Waals surface area contributed by atoms with Crippen molar-refractivity contribution in [3.8, 4) is 0 Å². The van der Waals surface area contributed by atoms with Gasteiger partial charge in [-0.2, -0.15) is 0 Å². The number of anilines is 1. The number of hydrogen-bond acceptors (Lipinski definition) is 3. The first-order chi connectivity index (χ1) is 11.1. The van der Waals surface area contributed by atoms with Gasteiger partial charge in [0.2, 0.25) is 0 Å².